The molecule has 0 radical (unpaired) electrons. The van der Waals surface area contributed by atoms with Gasteiger partial charge in [0.05, 0.1) is 17.2 Å². The molecular weight excluding hydrogens is 454 g/mol. The molecule has 10 heteroatoms. The van der Waals surface area contributed by atoms with Crippen molar-refractivity contribution in [2.45, 2.75) is 9.10 Å². The number of rotatable bonds is 4. The third-order valence-corrected chi connectivity index (χ3v) is 8.12. The van der Waals surface area contributed by atoms with E-state index < -0.39 is 9.84 Å². The lowest BCUT2D eigenvalue weighted by Crippen LogP contribution is -2.05. The minimum Gasteiger partial charge on any atom is -0.382 e. The average Bonchev–Trinajstić information content (AvgIpc) is 3.39. The minimum absolute atomic E-state index is 0.0519. The second-order valence-corrected chi connectivity index (χ2v) is 10.1. The number of hydrogen-bond acceptors (Lipinski definition) is 7. The number of halogens is 1. The third-order valence-electron chi connectivity index (χ3n) is 4.65. The van der Waals surface area contributed by atoms with Crippen LogP contribution in [0, 0.1) is 0 Å². The predicted octanol–water partition coefficient (Wildman–Crippen LogP) is 4.60. The maximum atomic E-state index is 13.4. The molecule has 2 N–H and O–H groups in total. The molecule has 0 amide bonds. The van der Waals surface area contributed by atoms with E-state index in [9.17, 15) is 8.42 Å². The normalized spacial score (nSPS) is 12.3. The average molecular weight is 468 g/mol. The van der Waals surface area contributed by atoms with Crippen molar-refractivity contribution in [3.05, 3.63) is 76.6 Å². The maximum Gasteiger partial charge on any atom is 0.221 e. The molecule has 3 aromatic heterocycles. The Bertz CT molecular complexity index is 1560. The Balaban J connectivity index is 1.80. The van der Waals surface area contributed by atoms with Gasteiger partial charge in [0.25, 0.3) is 0 Å². The highest BCUT2D eigenvalue weighted by Gasteiger charge is 2.31. The lowest BCUT2D eigenvalue weighted by Gasteiger charge is -2.02. The van der Waals surface area contributed by atoms with E-state index in [2.05, 4.69) is 15.1 Å². The van der Waals surface area contributed by atoms with Crippen LogP contribution in [0.25, 0.3) is 22.2 Å². The summed E-state index contributed by atoms with van der Waals surface area (Å²) >= 11 is 7.05. The molecule has 7 nitrogen and oxygen atoms in total. The summed E-state index contributed by atoms with van der Waals surface area (Å²) in [7, 11) is -3.91. The Morgan fingerprint density at radius 3 is 2.39 bits per heavy atom. The number of aromatic nitrogens is 3. The Labute approximate surface area is 186 Å². The first kappa shape index (κ1) is 19.7. The van der Waals surface area contributed by atoms with E-state index in [1.807, 2.05) is 12.1 Å². The summed E-state index contributed by atoms with van der Waals surface area (Å²) in [5.74, 6) is -0.0519. The van der Waals surface area contributed by atoms with Crippen molar-refractivity contribution in [3.63, 3.8) is 0 Å². The Morgan fingerprint density at radius 2 is 1.71 bits per heavy atom. The molecule has 0 saturated carbocycles. The molecule has 0 aliphatic carbocycles. The quantitative estimate of drug-likeness (QED) is 0.389. The van der Waals surface area contributed by atoms with Gasteiger partial charge in [0.2, 0.25) is 9.84 Å². The first-order chi connectivity index (χ1) is 14.9. The van der Waals surface area contributed by atoms with E-state index >= 15 is 0 Å². The fraction of sp³-hybridized carbons (Fsp3) is 0. The van der Waals surface area contributed by atoms with Gasteiger partial charge in [-0.15, -0.1) is 11.3 Å². The highest BCUT2D eigenvalue weighted by Crippen LogP contribution is 2.36. The number of thiophene rings is 1. The second kappa shape index (κ2) is 7.45. The van der Waals surface area contributed by atoms with Gasteiger partial charge in [-0.2, -0.15) is 9.78 Å². The van der Waals surface area contributed by atoms with Gasteiger partial charge in [0, 0.05) is 5.02 Å². The van der Waals surface area contributed by atoms with Gasteiger partial charge in [-0.3, -0.25) is 0 Å². The number of sulfone groups is 1. The predicted molar refractivity (Wildman–Crippen MR) is 124 cm³/mol. The minimum atomic E-state index is -3.91. The van der Waals surface area contributed by atoms with Crippen LogP contribution in [0.5, 0.6) is 0 Å². The zero-order chi connectivity index (χ0) is 21.6. The van der Waals surface area contributed by atoms with Gasteiger partial charge in [-0.1, -0.05) is 41.9 Å². The van der Waals surface area contributed by atoms with E-state index in [0.717, 1.165) is 16.9 Å². The second-order valence-electron chi connectivity index (χ2n) is 6.64. The molecule has 5 rings (SSSR count). The van der Waals surface area contributed by atoms with Crippen molar-refractivity contribution < 1.29 is 8.42 Å². The molecule has 0 saturated heterocycles. The van der Waals surface area contributed by atoms with Crippen molar-refractivity contribution in [1.29, 1.82) is 0 Å². The van der Waals surface area contributed by atoms with Crippen LogP contribution in [0.3, 0.4) is 0 Å². The number of benzene rings is 2. The highest BCUT2D eigenvalue weighted by atomic mass is 35.5. The molecule has 0 spiro atoms. The van der Waals surface area contributed by atoms with Gasteiger partial charge in [0.1, 0.15) is 20.4 Å². The third kappa shape index (κ3) is 3.36. The number of nitrogen functional groups attached to an aromatic ring is 1. The molecule has 0 atom stereocenters. The molecule has 0 unspecified atom stereocenters. The number of hydrogen-bond donors (Lipinski definition) is 1. The van der Waals surface area contributed by atoms with Crippen molar-refractivity contribution in [2.75, 3.05) is 5.73 Å². The smallest absolute Gasteiger partial charge is 0.221 e. The van der Waals surface area contributed by atoms with Gasteiger partial charge in [0.15, 0.2) is 5.65 Å². The van der Waals surface area contributed by atoms with Crippen LogP contribution in [-0.2, 0) is 9.84 Å². The van der Waals surface area contributed by atoms with E-state index in [1.54, 1.807) is 54.1 Å². The van der Waals surface area contributed by atoms with E-state index in [-0.39, 0.29) is 26.1 Å². The Morgan fingerprint density at radius 1 is 1.00 bits per heavy atom. The molecule has 31 heavy (non-hydrogen) atoms. The van der Waals surface area contributed by atoms with Gasteiger partial charge >= 0.3 is 0 Å². The monoisotopic (exact) mass is 467 g/mol. The van der Waals surface area contributed by atoms with Crippen molar-refractivity contribution in [1.82, 2.24) is 14.6 Å². The van der Waals surface area contributed by atoms with Gasteiger partial charge < -0.3 is 5.73 Å². The molecule has 2 aromatic carbocycles. The number of nitrogens with two attached hydrogens (primary N) is 1. The fourth-order valence-corrected chi connectivity index (χ4v) is 5.90. The topological polar surface area (TPSA) is 103 Å². The van der Waals surface area contributed by atoms with Gasteiger partial charge in [-0.05, 0) is 41.3 Å². The van der Waals surface area contributed by atoms with Gasteiger partial charge in [-0.25, -0.2) is 18.4 Å². The molecule has 0 fully saturated rings. The SMILES string of the molecule is Nc1c(S(=O)(=O)c2cccs2)c2nc3ccccc3nc2n1/N=C\c1ccc(Cl)cc1. The largest absolute Gasteiger partial charge is 0.382 e. The summed E-state index contributed by atoms with van der Waals surface area (Å²) in [6, 6.07) is 17.5. The fourth-order valence-electron chi connectivity index (χ4n) is 3.19. The van der Waals surface area contributed by atoms with Crippen molar-refractivity contribution >= 4 is 67.0 Å². The molecular formula is C21H14ClN5O2S2. The number of nitrogens with zero attached hydrogens (tertiary/aromatic N) is 4. The Hall–Kier alpha value is -3.27. The standard InChI is InChI=1S/C21H14ClN5O2S2/c22-14-9-7-13(8-10-14)12-24-27-20(23)19(31(28,29)17-6-3-11-30-17)18-21(27)26-16-5-2-1-4-15(16)25-18/h1-12H,23H2/b24-12-. The molecule has 0 aliphatic heterocycles. The van der Waals surface area contributed by atoms with E-state index in [1.165, 1.54) is 10.7 Å². The summed E-state index contributed by atoms with van der Waals surface area (Å²) in [4.78, 5) is 9.08. The first-order valence-electron chi connectivity index (χ1n) is 9.10. The Kier molecular flexibility index (Phi) is 4.73. The van der Waals surface area contributed by atoms with E-state index in [4.69, 9.17) is 17.3 Å². The lowest BCUT2D eigenvalue weighted by atomic mass is 10.2. The lowest BCUT2D eigenvalue weighted by molar-refractivity contribution is 0.599. The van der Waals surface area contributed by atoms with E-state index in [0.29, 0.717) is 16.1 Å². The first-order valence-corrected chi connectivity index (χ1v) is 11.8. The van der Waals surface area contributed by atoms with Crippen LogP contribution in [0.2, 0.25) is 5.02 Å². The number of fused-ring (bicyclic) bond motifs is 2. The molecule has 0 bridgehead atoms. The van der Waals surface area contributed by atoms with Crippen LogP contribution < -0.4 is 5.73 Å². The van der Waals surface area contributed by atoms with Crippen molar-refractivity contribution in [2.24, 2.45) is 5.10 Å². The zero-order valence-electron chi connectivity index (χ0n) is 15.8. The molecule has 0 aliphatic rings. The summed E-state index contributed by atoms with van der Waals surface area (Å²) in [6.07, 6.45) is 1.56. The highest BCUT2D eigenvalue weighted by molar-refractivity contribution is 7.93. The summed E-state index contributed by atoms with van der Waals surface area (Å²) in [5.41, 5.74) is 8.71. The zero-order valence-corrected chi connectivity index (χ0v) is 18.2. The summed E-state index contributed by atoms with van der Waals surface area (Å²) < 4.78 is 28.2. The van der Waals surface area contributed by atoms with Crippen LogP contribution in [-0.4, -0.2) is 29.3 Å². The number of anilines is 1. The van der Waals surface area contributed by atoms with Crippen LogP contribution in [0.4, 0.5) is 5.82 Å². The molecule has 154 valence electrons. The number of para-hydroxylation sites is 2. The van der Waals surface area contributed by atoms with Crippen LogP contribution in [0.1, 0.15) is 5.56 Å². The van der Waals surface area contributed by atoms with Crippen LogP contribution >= 0.6 is 22.9 Å². The van der Waals surface area contributed by atoms with Crippen LogP contribution in [0.15, 0.2) is 80.2 Å². The molecule has 5 aromatic rings. The molecule has 3 heterocycles. The summed E-state index contributed by atoms with van der Waals surface area (Å²) in [6.45, 7) is 0. The maximum absolute atomic E-state index is 13.4. The summed E-state index contributed by atoms with van der Waals surface area (Å²) in [5, 5.41) is 6.71. The van der Waals surface area contributed by atoms with Crippen molar-refractivity contribution in [3.8, 4) is 0 Å².